The quantitative estimate of drug-likeness (QED) is 0.339. The van der Waals surface area contributed by atoms with Crippen LogP contribution in [0.15, 0.2) is 36.5 Å². The number of hydrogen-bond donors (Lipinski definition) is 0. The van der Waals surface area contributed by atoms with Gasteiger partial charge in [-0.25, -0.2) is 9.78 Å². The maximum absolute atomic E-state index is 11.4. The predicted octanol–water partition coefficient (Wildman–Crippen LogP) is 3.17. The molecule has 0 saturated heterocycles. The lowest BCUT2D eigenvalue weighted by Gasteiger charge is -2.06. The summed E-state index contributed by atoms with van der Waals surface area (Å²) in [6.07, 6.45) is 1.17. The number of halogens is 1. The Morgan fingerprint density at radius 2 is 2.14 bits per heavy atom. The van der Waals surface area contributed by atoms with Crippen LogP contribution < -0.4 is 4.74 Å². The highest BCUT2D eigenvalue weighted by Crippen LogP contribution is 2.30. The standard InChI is InChI=1S/C13H9IN2O5/c1-20-13(17)8-5-11(16(18)19)12(15-7-8)21-10-4-2-3-9(14)6-10/h2-7H,1H3. The van der Waals surface area contributed by atoms with E-state index in [1.807, 2.05) is 6.07 Å². The third-order valence-electron chi connectivity index (χ3n) is 2.46. The molecule has 2 rings (SSSR count). The second-order valence-electron chi connectivity index (χ2n) is 3.86. The minimum atomic E-state index is -0.702. The fourth-order valence-electron chi connectivity index (χ4n) is 1.52. The number of nitro groups is 1. The van der Waals surface area contributed by atoms with Crippen LogP contribution >= 0.6 is 22.6 Å². The van der Waals surface area contributed by atoms with Crippen LogP contribution in [0, 0.1) is 13.7 Å². The van der Waals surface area contributed by atoms with Crippen molar-refractivity contribution >= 4 is 34.2 Å². The molecule has 0 atom stereocenters. The number of ether oxygens (including phenoxy) is 2. The lowest BCUT2D eigenvalue weighted by atomic mass is 10.2. The summed E-state index contributed by atoms with van der Waals surface area (Å²) in [5.74, 6) is -0.468. The van der Waals surface area contributed by atoms with E-state index >= 15 is 0 Å². The van der Waals surface area contributed by atoms with Gasteiger partial charge in [0.15, 0.2) is 0 Å². The summed E-state index contributed by atoms with van der Waals surface area (Å²) >= 11 is 2.09. The van der Waals surface area contributed by atoms with Crippen LogP contribution in [0.4, 0.5) is 5.69 Å². The predicted molar refractivity (Wildman–Crippen MR) is 81.5 cm³/mol. The first-order valence-corrected chi connectivity index (χ1v) is 6.75. The number of hydrogen-bond acceptors (Lipinski definition) is 6. The zero-order chi connectivity index (χ0) is 15.4. The van der Waals surface area contributed by atoms with Crippen molar-refractivity contribution in [2.75, 3.05) is 7.11 Å². The van der Waals surface area contributed by atoms with Gasteiger partial charge in [0.1, 0.15) is 5.75 Å². The lowest BCUT2D eigenvalue weighted by molar-refractivity contribution is -0.386. The largest absolute Gasteiger partial charge is 0.465 e. The molecule has 2 aromatic rings. The van der Waals surface area contributed by atoms with Gasteiger partial charge in [-0.2, -0.15) is 0 Å². The molecule has 0 radical (unpaired) electrons. The number of carbonyl (C=O) groups excluding carboxylic acids is 1. The first kappa shape index (κ1) is 15.2. The van der Waals surface area contributed by atoms with Crippen LogP contribution in [-0.2, 0) is 4.74 Å². The molecule has 108 valence electrons. The van der Waals surface area contributed by atoms with E-state index in [0.717, 1.165) is 9.64 Å². The monoisotopic (exact) mass is 400 g/mol. The summed E-state index contributed by atoms with van der Waals surface area (Å²) in [7, 11) is 1.19. The average Bonchev–Trinajstić information content (AvgIpc) is 2.46. The number of nitrogens with zero attached hydrogens (tertiary/aromatic N) is 2. The van der Waals surface area contributed by atoms with Gasteiger partial charge >= 0.3 is 11.7 Å². The number of rotatable bonds is 4. The number of pyridine rings is 1. The van der Waals surface area contributed by atoms with Gasteiger partial charge in [0, 0.05) is 15.8 Å². The van der Waals surface area contributed by atoms with E-state index in [1.54, 1.807) is 18.2 Å². The molecule has 8 heteroatoms. The van der Waals surface area contributed by atoms with Crippen molar-refractivity contribution in [2.24, 2.45) is 0 Å². The van der Waals surface area contributed by atoms with Gasteiger partial charge in [-0.05, 0) is 40.8 Å². The van der Waals surface area contributed by atoms with Crippen LogP contribution in [0.2, 0.25) is 0 Å². The maximum atomic E-state index is 11.4. The molecule has 0 saturated carbocycles. The van der Waals surface area contributed by atoms with Crippen LogP contribution in [0.1, 0.15) is 10.4 Å². The highest BCUT2D eigenvalue weighted by Gasteiger charge is 2.21. The molecule has 0 fully saturated rings. The molecule has 0 unspecified atom stereocenters. The van der Waals surface area contributed by atoms with Crippen molar-refractivity contribution in [1.82, 2.24) is 4.98 Å². The summed E-state index contributed by atoms with van der Waals surface area (Å²) < 4.78 is 10.8. The smallest absolute Gasteiger partial charge is 0.339 e. The Hall–Kier alpha value is -2.23. The second kappa shape index (κ2) is 6.48. The molecular formula is C13H9IN2O5. The van der Waals surface area contributed by atoms with E-state index < -0.39 is 16.6 Å². The third-order valence-corrected chi connectivity index (χ3v) is 3.13. The van der Waals surface area contributed by atoms with Crippen LogP contribution in [0.3, 0.4) is 0 Å². The van der Waals surface area contributed by atoms with Crippen molar-refractivity contribution in [3.05, 3.63) is 55.8 Å². The number of benzene rings is 1. The Labute approximate surface area is 133 Å². The fraction of sp³-hybridized carbons (Fsp3) is 0.0769. The van der Waals surface area contributed by atoms with Crippen LogP contribution in [0.25, 0.3) is 0 Å². The molecule has 1 heterocycles. The van der Waals surface area contributed by atoms with Gasteiger partial charge in [-0.1, -0.05) is 6.07 Å². The lowest BCUT2D eigenvalue weighted by Crippen LogP contribution is -2.04. The van der Waals surface area contributed by atoms with Gasteiger partial charge in [0.25, 0.3) is 5.88 Å². The third kappa shape index (κ3) is 3.66. The van der Waals surface area contributed by atoms with Crippen molar-refractivity contribution in [3.8, 4) is 11.6 Å². The van der Waals surface area contributed by atoms with E-state index in [4.69, 9.17) is 4.74 Å². The fourth-order valence-corrected chi connectivity index (χ4v) is 2.04. The zero-order valence-electron chi connectivity index (χ0n) is 10.8. The van der Waals surface area contributed by atoms with E-state index in [2.05, 4.69) is 32.3 Å². The Balaban J connectivity index is 2.39. The number of esters is 1. The molecular weight excluding hydrogens is 391 g/mol. The first-order chi connectivity index (χ1) is 10.0. The minimum absolute atomic E-state index is 0.0146. The van der Waals surface area contributed by atoms with Gasteiger partial charge in [0.2, 0.25) is 0 Å². The Kier molecular flexibility index (Phi) is 4.68. The molecule has 7 nitrogen and oxygen atoms in total. The number of methoxy groups -OCH3 is 1. The molecule has 0 aliphatic rings. The Bertz CT molecular complexity index is 705. The number of carbonyl (C=O) groups is 1. The second-order valence-corrected chi connectivity index (χ2v) is 5.10. The van der Waals surface area contributed by atoms with Crippen LogP contribution in [-0.4, -0.2) is 23.0 Å². The molecule has 0 aliphatic carbocycles. The molecule has 0 aliphatic heterocycles. The van der Waals surface area contributed by atoms with Crippen LogP contribution in [0.5, 0.6) is 11.6 Å². The molecule has 0 spiro atoms. The van der Waals surface area contributed by atoms with E-state index in [-0.39, 0.29) is 11.4 Å². The first-order valence-electron chi connectivity index (χ1n) is 5.67. The minimum Gasteiger partial charge on any atom is -0.465 e. The summed E-state index contributed by atoms with van der Waals surface area (Å²) in [6.45, 7) is 0. The highest BCUT2D eigenvalue weighted by molar-refractivity contribution is 14.1. The zero-order valence-corrected chi connectivity index (χ0v) is 12.9. The van der Waals surface area contributed by atoms with Gasteiger partial charge in [-0.15, -0.1) is 0 Å². The maximum Gasteiger partial charge on any atom is 0.339 e. The van der Waals surface area contributed by atoms with Gasteiger partial charge in [0.05, 0.1) is 17.6 Å². The van der Waals surface area contributed by atoms with Crippen molar-refractivity contribution in [3.63, 3.8) is 0 Å². The Morgan fingerprint density at radius 3 is 2.76 bits per heavy atom. The topological polar surface area (TPSA) is 91.6 Å². The summed E-state index contributed by atoms with van der Waals surface area (Å²) in [5.41, 5.74) is -0.420. The van der Waals surface area contributed by atoms with Crippen molar-refractivity contribution in [2.45, 2.75) is 0 Å². The van der Waals surface area contributed by atoms with E-state index in [1.165, 1.54) is 13.3 Å². The van der Waals surface area contributed by atoms with E-state index in [9.17, 15) is 14.9 Å². The molecule has 1 aromatic carbocycles. The molecule has 0 amide bonds. The summed E-state index contributed by atoms with van der Waals surface area (Å²) in [6, 6.07) is 8.05. The van der Waals surface area contributed by atoms with Crippen molar-refractivity contribution < 1.29 is 19.2 Å². The normalized spacial score (nSPS) is 10.0. The Morgan fingerprint density at radius 1 is 1.38 bits per heavy atom. The molecule has 1 aromatic heterocycles. The highest BCUT2D eigenvalue weighted by atomic mass is 127. The number of aromatic nitrogens is 1. The van der Waals surface area contributed by atoms with Gasteiger partial charge < -0.3 is 9.47 Å². The summed E-state index contributed by atoms with van der Waals surface area (Å²) in [5, 5.41) is 11.1. The molecule has 0 N–H and O–H groups in total. The van der Waals surface area contributed by atoms with Gasteiger partial charge in [-0.3, -0.25) is 10.1 Å². The molecule has 0 bridgehead atoms. The van der Waals surface area contributed by atoms with E-state index in [0.29, 0.717) is 5.75 Å². The molecule has 21 heavy (non-hydrogen) atoms. The van der Waals surface area contributed by atoms with Crippen molar-refractivity contribution in [1.29, 1.82) is 0 Å². The SMILES string of the molecule is COC(=O)c1cnc(Oc2cccc(I)c2)c([N+](=O)[O-])c1. The average molecular weight is 400 g/mol. The summed E-state index contributed by atoms with van der Waals surface area (Å²) in [4.78, 5) is 25.6.